The van der Waals surface area contributed by atoms with Gasteiger partial charge in [-0.2, -0.15) is 0 Å². The highest BCUT2D eigenvalue weighted by molar-refractivity contribution is 7.99. The molecule has 5 rings (SSSR count). The molecule has 9 heteroatoms. The van der Waals surface area contributed by atoms with Crippen LogP contribution in [0, 0.1) is 6.92 Å². The molecule has 1 fully saturated rings. The van der Waals surface area contributed by atoms with Crippen LogP contribution in [0.25, 0.3) is 20.7 Å². The zero-order valence-corrected chi connectivity index (χ0v) is 20.1. The topological polar surface area (TPSA) is 84.3 Å². The number of nitrogens with one attached hydrogen (secondary N) is 1. The lowest BCUT2D eigenvalue weighted by molar-refractivity contribution is -0.124. The quantitative estimate of drug-likeness (QED) is 0.325. The fourth-order valence-electron chi connectivity index (χ4n) is 3.78. The first-order valence-electron chi connectivity index (χ1n) is 10.9. The minimum absolute atomic E-state index is 0.0229. The number of imide groups is 1. The van der Waals surface area contributed by atoms with Crippen LogP contribution in [0.4, 0.5) is 4.79 Å². The Morgan fingerprint density at radius 2 is 1.88 bits per heavy atom. The van der Waals surface area contributed by atoms with E-state index in [-0.39, 0.29) is 23.3 Å². The van der Waals surface area contributed by atoms with Crippen molar-refractivity contribution in [3.8, 4) is 10.4 Å². The Hall–Kier alpha value is -3.43. The number of hydrogen-bond acceptors (Lipinski definition) is 6. The Labute approximate surface area is 204 Å². The molecule has 2 aromatic carbocycles. The fraction of sp³-hybridized carbons (Fsp3) is 0.200. The molecule has 0 bridgehead atoms. The molecule has 3 heterocycles. The first-order valence-corrected chi connectivity index (χ1v) is 12.7. The van der Waals surface area contributed by atoms with Crippen molar-refractivity contribution in [1.82, 2.24) is 19.8 Å². The maximum atomic E-state index is 13.6. The highest BCUT2D eigenvalue weighted by Crippen LogP contribution is 2.32. The largest absolute Gasteiger partial charge is 0.336 e. The molecule has 0 atom stereocenters. The molecule has 1 aliphatic rings. The summed E-state index contributed by atoms with van der Waals surface area (Å²) in [6.07, 6.45) is 0. The van der Waals surface area contributed by atoms with Crippen molar-refractivity contribution >= 4 is 45.3 Å². The second kappa shape index (κ2) is 9.44. The van der Waals surface area contributed by atoms with Gasteiger partial charge in [-0.25, -0.2) is 9.78 Å². The summed E-state index contributed by atoms with van der Waals surface area (Å²) in [5, 5.41) is 3.10. The van der Waals surface area contributed by atoms with Crippen LogP contribution in [-0.4, -0.2) is 45.2 Å². The van der Waals surface area contributed by atoms with Crippen molar-refractivity contribution in [2.45, 2.75) is 18.6 Å². The monoisotopic (exact) mass is 490 g/mol. The van der Waals surface area contributed by atoms with Crippen LogP contribution >= 0.6 is 23.1 Å². The number of carbonyl (C=O) groups is 2. The van der Waals surface area contributed by atoms with Gasteiger partial charge in [0, 0.05) is 18.0 Å². The van der Waals surface area contributed by atoms with Gasteiger partial charge < -0.3 is 5.32 Å². The summed E-state index contributed by atoms with van der Waals surface area (Å²) in [5.74, 6) is -0.277. The van der Waals surface area contributed by atoms with E-state index in [1.807, 2.05) is 67.6 Å². The molecule has 2 aromatic heterocycles. The Morgan fingerprint density at radius 1 is 1.12 bits per heavy atom. The molecule has 1 aliphatic heterocycles. The molecule has 172 valence electrons. The van der Waals surface area contributed by atoms with Crippen LogP contribution in [0.2, 0.25) is 0 Å². The number of aryl methyl sites for hydroxylation is 1. The predicted molar refractivity (Wildman–Crippen MR) is 135 cm³/mol. The summed E-state index contributed by atoms with van der Waals surface area (Å²) >= 11 is 2.61. The van der Waals surface area contributed by atoms with Crippen molar-refractivity contribution < 1.29 is 9.59 Å². The molecule has 0 aliphatic carbocycles. The number of thiophene rings is 1. The van der Waals surface area contributed by atoms with Gasteiger partial charge in [-0.3, -0.25) is 19.1 Å². The third-order valence-electron chi connectivity index (χ3n) is 5.60. The van der Waals surface area contributed by atoms with Crippen LogP contribution in [0.5, 0.6) is 0 Å². The molecular formula is C25H22N4O3S2. The minimum atomic E-state index is -0.378. The zero-order valence-electron chi connectivity index (χ0n) is 18.5. The van der Waals surface area contributed by atoms with Crippen LogP contribution < -0.4 is 10.9 Å². The van der Waals surface area contributed by atoms with E-state index in [9.17, 15) is 14.4 Å². The van der Waals surface area contributed by atoms with Crippen LogP contribution in [0.3, 0.4) is 0 Å². The third-order valence-corrected chi connectivity index (χ3v) is 7.72. The first-order chi connectivity index (χ1) is 16.5. The van der Waals surface area contributed by atoms with Gasteiger partial charge in [0.2, 0.25) is 5.91 Å². The molecular weight excluding hydrogens is 468 g/mol. The second-order valence-corrected chi connectivity index (χ2v) is 10.0. The molecule has 34 heavy (non-hydrogen) atoms. The molecule has 4 aromatic rings. The van der Waals surface area contributed by atoms with Gasteiger partial charge in [0.1, 0.15) is 4.70 Å². The minimum Gasteiger partial charge on any atom is -0.336 e. The maximum absolute atomic E-state index is 13.6. The second-order valence-electron chi connectivity index (χ2n) is 8.03. The molecule has 0 radical (unpaired) electrons. The van der Waals surface area contributed by atoms with E-state index < -0.39 is 0 Å². The average molecular weight is 491 g/mol. The number of fused-ring (bicyclic) bond motifs is 1. The van der Waals surface area contributed by atoms with E-state index in [0.29, 0.717) is 35.0 Å². The number of aromatic nitrogens is 2. The number of benzene rings is 2. The van der Waals surface area contributed by atoms with E-state index in [1.165, 1.54) is 33.6 Å². The van der Waals surface area contributed by atoms with E-state index in [0.717, 1.165) is 16.0 Å². The molecule has 7 nitrogen and oxygen atoms in total. The van der Waals surface area contributed by atoms with Gasteiger partial charge in [0.05, 0.1) is 17.8 Å². The highest BCUT2D eigenvalue weighted by atomic mass is 32.2. The number of hydrogen-bond donors (Lipinski definition) is 1. The van der Waals surface area contributed by atoms with Gasteiger partial charge in [-0.15, -0.1) is 11.3 Å². The van der Waals surface area contributed by atoms with Crippen molar-refractivity contribution in [3.63, 3.8) is 0 Å². The van der Waals surface area contributed by atoms with Crippen molar-refractivity contribution in [2.75, 3.05) is 18.8 Å². The first kappa shape index (κ1) is 22.4. The lowest BCUT2D eigenvalue weighted by Crippen LogP contribution is -2.35. The van der Waals surface area contributed by atoms with Gasteiger partial charge in [0.15, 0.2) is 5.16 Å². The number of amides is 3. The lowest BCUT2D eigenvalue weighted by Gasteiger charge is -2.14. The van der Waals surface area contributed by atoms with Crippen molar-refractivity contribution in [3.05, 3.63) is 82.1 Å². The Kier molecular flexibility index (Phi) is 6.21. The van der Waals surface area contributed by atoms with E-state index in [1.54, 1.807) is 4.57 Å². The summed E-state index contributed by atoms with van der Waals surface area (Å²) in [4.78, 5) is 44.9. The van der Waals surface area contributed by atoms with E-state index in [2.05, 4.69) is 5.32 Å². The molecule has 1 saturated heterocycles. The number of nitrogens with zero attached hydrogens (tertiary/aromatic N) is 3. The van der Waals surface area contributed by atoms with Gasteiger partial charge in [-0.1, -0.05) is 71.9 Å². The Balaban J connectivity index is 1.53. The standard InChI is InChI=1S/C25H22N4O3S2/c1-16-7-9-18(10-8-16)20-13-19-22(34-20)23(31)29(14-17-5-3-2-4-6-17)25(27-19)33-15-21(30)28-12-11-26-24(28)32/h2-10,13H,11-12,14-15H2,1H3,(H,26,32). The van der Waals surface area contributed by atoms with Crippen LogP contribution in [0.15, 0.2) is 70.6 Å². The smallest absolute Gasteiger partial charge is 0.324 e. The van der Waals surface area contributed by atoms with Crippen molar-refractivity contribution in [1.29, 1.82) is 0 Å². The molecule has 0 saturated carbocycles. The molecule has 0 spiro atoms. The zero-order chi connectivity index (χ0) is 23.7. The SMILES string of the molecule is Cc1ccc(-c2cc3nc(SCC(=O)N4CCNC4=O)n(Cc4ccccc4)c(=O)c3s2)cc1. The highest BCUT2D eigenvalue weighted by Gasteiger charge is 2.26. The van der Waals surface area contributed by atoms with Crippen LogP contribution in [-0.2, 0) is 11.3 Å². The number of carbonyl (C=O) groups excluding carboxylic acids is 2. The summed E-state index contributed by atoms with van der Waals surface area (Å²) < 4.78 is 2.20. The van der Waals surface area contributed by atoms with Crippen molar-refractivity contribution in [2.24, 2.45) is 0 Å². The average Bonchev–Trinajstić information content (AvgIpc) is 3.47. The fourth-order valence-corrected chi connectivity index (χ4v) is 5.71. The molecule has 1 N–H and O–H groups in total. The number of rotatable bonds is 6. The summed E-state index contributed by atoms with van der Waals surface area (Å²) in [6.45, 7) is 3.19. The third kappa shape index (κ3) is 4.49. The molecule has 3 amide bonds. The van der Waals surface area contributed by atoms with Gasteiger partial charge in [0.25, 0.3) is 5.56 Å². The summed E-state index contributed by atoms with van der Waals surface area (Å²) in [7, 11) is 0. The lowest BCUT2D eigenvalue weighted by atomic mass is 10.1. The number of thioether (sulfide) groups is 1. The predicted octanol–water partition coefficient (Wildman–Crippen LogP) is 4.13. The summed E-state index contributed by atoms with van der Waals surface area (Å²) in [5.41, 5.74) is 3.65. The normalized spacial score (nSPS) is 13.4. The Bertz CT molecular complexity index is 1430. The summed E-state index contributed by atoms with van der Waals surface area (Å²) in [6, 6.07) is 19.4. The number of urea groups is 1. The van der Waals surface area contributed by atoms with Crippen LogP contribution in [0.1, 0.15) is 11.1 Å². The van der Waals surface area contributed by atoms with Gasteiger partial charge in [-0.05, 0) is 24.1 Å². The van der Waals surface area contributed by atoms with E-state index in [4.69, 9.17) is 4.98 Å². The van der Waals surface area contributed by atoms with E-state index >= 15 is 0 Å². The maximum Gasteiger partial charge on any atom is 0.324 e. The molecule has 0 unspecified atom stereocenters. The van der Waals surface area contributed by atoms with Gasteiger partial charge >= 0.3 is 6.03 Å². The Morgan fingerprint density at radius 3 is 2.59 bits per heavy atom.